The minimum Gasteiger partial charge on any atom is -0.348 e. The Morgan fingerprint density at radius 2 is 1.71 bits per heavy atom. The van der Waals surface area contributed by atoms with Crippen molar-refractivity contribution in [1.82, 2.24) is 5.32 Å². The molecule has 1 unspecified atom stereocenters. The topological polar surface area (TPSA) is 66.5 Å². The molecule has 0 spiro atoms. The van der Waals surface area contributed by atoms with Crippen molar-refractivity contribution >= 4 is 33.2 Å². The van der Waals surface area contributed by atoms with Crippen molar-refractivity contribution in [3.8, 4) is 0 Å². The van der Waals surface area contributed by atoms with Crippen LogP contribution in [0.15, 0.2) is 54.6 Å². The molecular weight excluding hydrogens is 348 g/mol. The Balaban J connectivity index is 2.16. The summed E-state index contributed by atoms with van der Waals surface area (Å²) in [4.78, 5) is 12.3. The molecule has 1 amide bonds. The van der Waals surface area contributed by atoms with E-state index in [4.69, 9.17) is 11.6 Å². The molecule has 7 heteroatoms. The molecule has 1 N–H and O–H groups in total. The fraction of sp³-hybridized carbons (Fsp3) is 0.235. The molecule has 0 bridgehead atoms. The highest BCUT2D eigenvalue weighted by Gasteiger charge is 2.23. The maximum absolute atomic E-state index is 12.3. The van der Waals surface area contributed by atoms with Gasteiger partial charge in [-0.1, -0.05) is 54.1 Å². The van der Waals surface area contributed by atoms with Crippen molar-refractivity contribution < 1.29 is 13.2 Å². The van der Waals surface area contributed by atoms with E-state index >= 15 is 0 Å². The molecule has 0 saturated heterocycles. The van der Waals surface area contributed by atoms with Crippen LogP contribution >= 0.6 is 11.6 Å². The van der Waals surface area contributed by atoms with Crippen LogP contribution in [0.25, 0.3) is 0 Å². The van der Waals surface area contributed by atoms with E-state index in [-0.39, 0.29) is 23.3 Å². The first-order valence-electron chi connectivity index (χ1n) is 7.35. The average molecular weight is 367 g/mol. The van der Waals surface area contributed by atoms with E-state index < -0.39 is 15.9 Å². The Bertz CT molecular complexity index is 810. The summed E-state index contributed by atoms with van der Waals surface area (Å²) >= 11 is 6.07. The first kappa shape index (κ1) is 18.3. The largest absolute Gasteiger partial charge is 0.348 e. The van der Waals surface area contributed by atoms with Crippen molar-refractivity contribution in [2.45, 2.75) is 13.0 Å². The van der Waals surface area contributed by atoms with E-state index in [1.807, 2.05) is 37.3 Å². The fourth-order valence-corrected chi connectivity index (χ4v) is 3.43. The molecule has 2 aromatic carbocycles. The van der Waals surface area contributed by atoms with Crippen molar-refractivity contribution in [3.63, 3.8) is 0 Å². The van der Waals surface area contributed by atoms with Gasteiger partial charge in [-0.15, -0.1) is 0 Å². The zero-order valence-corrected chi connectivity index (χ0v) is 15.0. The maximum atomic E-state index is 12.3. The lowest BCUT2D eigenvalue weighted by molar-refractivity contribution is -0.120. The van der Waals surface area contributed by atoms with Crippen LogP contribution in [0.4, 0.5) is 5.69 Å². The number of sulfonamides is 1. The number of para-hydroxylation sites is 1. The van der Waals surface area contributed by atoms with Crippen LogP contribution in [0.1, 0.15) is 18.5 Å². The SMILES string of the molecule is CC(NC(=O)CN(c1ccccc1Cl)S(C)(=O)=O)c1ccccc1. The Kier molecular flexibility index (Phi) is 5.85. The first-order valence-corrected chi connectivity index (χ1v) is 9.58. The maximum Gasteiger partial charge on any atom is 0.241 e. The molecule has 0 heterocycles. The molecule has 0 aromatic heterocycles. The van der Waals surface area contributed by atoms with Crippen molar-refractivity contribution in [1.29, 1.82) is 0 Å². The van der Waals surface area contributed by atoms with Gasteiger partial charge in [-0.05, 0) is 24.6 Å². The van der Waals surface area contributed by atoms with E-state index in [0.29, 0.717) is 0 Å². The summed E-state index contributed by atoms with van der Waals surface area (Å²) in [5, 5.41) is 3.07. The van der Waals surface area contributed by atoms with E-state index in [1.165, 1.54) is 0 Å². The summed E-state index contributed by atoms with van der Waals surface area (Å²) in [6.07, 6.45) is 1.05. The van der Waals surface area contributed by atoms with Gasteiger partial charge in [0, 0.05) is 0 Å². The monoisotopic (exact) mass is 366 g/mol. The normalized spacial score (nSPS) is 12.5. The number of hydrogen-bond donors (Lipinski definition) is 1. The van der Waals surface area contributed by atoms with Gasteiger partial charge >= 0.3 is 0 Å². The summed E-state index contributed by atoms with van der Waals surface area (Å²) in [5.41, 5.74) is 1.22. The summed E-state index contributed by atoms with van der Waals surface area (Å²) in [5.74, 6) is -0.406. The van der Waals surface area contributed by atoms with E-state index in [2.05, 4.69) is 5.32 Å². The van der Waals surface area contributed by atoms with Crippen molar-refractivity contribution in [2.24, 2.45) is 0 Å². The molecule has 0 radical (unpaired) electrons. The van der Waals surface area contributed by atoms with Crippen LogP contribution in [-0.2, 0) is 14.8 Å². The van der Waals surface area contributed by atoms with Gasteiger partial charge in [-0.3, -0.25) is 9.10 Å². The number of rotatable bonds is 6. The third kappa shape index (κ3) is 4.72. The quantitative estimate of drug-likeness (QED) is 0.854. The molecule has 0 aliphatic carbocycles. The number of nitrogens with zero attached hydrogens (tertiary/aromatic N) is 1. The molecule has 5 nitrogen and oxygen atoms in total. The third-order valence-corrected chi connectivity index (χ3v) is 4.93. The minimum atomic E-state index is -3.65. The number of carbonyl (C=O) groups excluding carboxylic acids is 1. The van der Waals surface area contributed by atoms with Gasteiger partial charge in [0.15, 0.2) is 0 Å². The molecule has 0 aliphatic rings. The Labute approximate surface area is 147 Å². The predicted molar refractivity (Wildman–Crippen MR) is 96.6 cm³/mol. The lowest BCUT2D eigenvalue weighted by atomic mass is 10.1. The molecule has 2 rings (SSSR count). The number of amides is 1. The number of hydrogen-bond acceptors (Lipinski definition) is 3. The van der Waals surface area contributed by atoms with E-state index in [1.54, 1.807) is 24.3 Å². The van der Waals surface area contributed by atoms with Gasteiger partial charge in [0.25, 0.3) is 0 Å². The van der Waals surface area contributed by atoms with Crippen molar-refractivity contribution in [3.05, 3.63) is 65.2 Å². The summed E-state index contributed by atoms with van der Waals surface area (Å²) in [6, 6.07) is 15.7. The van der Waals surface area contributed by atoms with Gasteiger partial charge in [-0.2, -0.15) is 0 Å². The van der Waals surface area contributed by atoms with Gasteiger partial charge < -0.3 is 5.32 Å². The molecular formula is C17H19ClN2O3S. The lowest BCUT2D eigenvalue weighted by Gasteiger charge is -2.24. The highest BCUT2D eigenvalue weighted by molar-refractivity contribution is 7.92. The van der Waals surface area contributed by atoms with Gasteiger partial charge in [-0.25, -0.2) is 8.42 Å². The number of benzene rings is 2. The minimum absolute atomic E-state index is 0.230. The molecule has 128 valence electrons. The molecule has 0 saturated carbocycles. The first-order chi connectivity index (χ1) is 11.3. The highest BCUT2D eigenvalue weighted by Crippen LogP contribution is 2.27. The Hall–Kier alpha value is -2.05. The number of nitrogens with one attached hydrogen (secondary N) is 1. The number of carbonyl (C=O) groups is 1. The third-order valence-electron chi connectivity index (χ3n) is 3.49. The van der Waals surface area contributed by atoms with E-state index in [9.17, 15) is 13.2 Å². The summed E-state index contributed by atoms with van der Waals surface area (Å²) in [7, 11) is -3.65. The summed E-state index contributed by atoms with van der Waals surface area (Å²) < 4.78 is 25.1. The zero-order chi connectivity index (χ0) is 17.7. The van der Waals surface area contributed by atoms with Crippen LogP contribution < -0.4 is 9.62 Å². The van der Waals surface area contributed by atoms with Crippen LogP contribution in [0.2, 0.25) is 5.02 Å². The van der Waals surface area contributed by atoms with Gasteiger partial charge in [0.2, 0.25) is 15.9 Å². The molecule has 0 fully saturated rings. The van der Waals surface area contributed by atoms with Crippen LogP contribution in [0.3, 0.4) is 0 Å². The lowest BCUT2D eigenvalue weighted by Crippen LogP contribution is -2.41. The smallest absolute Gasteiger partial charge is 0.241 e. The van der Waals surface area contributed by atoms with Crippen LogP contribution in [0, 0.1) is 0 Å². The van der Waals surface area contributed by atoms with Crippen LogP contribution in [0.5, 0.6) is 0 Å². The molecule has 2 aromatic rings. The number of anilines is 1. The van der Waals surface area contributed by atoms with E-state index in [0.717, 1.165) is 16.1 Å². The predicted octanol–water partition coefficient (Wildman–Crippen LogP) is 2.98. The second-order valence-corrected chi connectivity index (χ2v) is 7.73. The highest BCUT2D eigenvalue weighted by atomic mass is 35.5. The average Bonchev–Trinajstić information content (AvgIpc) is 2.53. The van der Waals surface area contributed by atoms with Crippen LogP contribution in [-0.4, -0.2) is 27.1 Å². The Morgan fingerprint density at radius 3 is 2.29 bits per heavy atom. The molecule has 24 heavy (non-hydrogen) atoms. The summed E-state index contributed by atoms with van der Waals surface area (Å²) in [6.45, 7) is 1.51. The fourth-order valence-electron chi connectivity index (χ4n) is 2.28. The second-order valence-electron chi connectivity index (χ2n) is 5.42. The van der Waals surface area contributed by atoms with Crippen molar-refractivity contribution in [2.75, 3.05) is 17.1 Å². The zero-order valence-electron chi connectivity index (χ0n) is 13.4. The van der Waals surface area contributed by atoms with Gasteiger partial charge in [0.1, 0.15) is 6.54 Å². The second kappa shape index (κ2) is 7.68. The Morgan fingerprint density at radius 1 is 1.12 bits per heavy atom. The van der Waals surface area contributed by atoms with Gasteiger partial charge in [0.05, 0.1) is 23.0 Å². The molecule has 1 atom stereocenters. The number of halogens is 1. The molecule has 0 aliphatic heterocycles. The standard InChI is InChI=1S/C17H19ClN2O3S/c1-13(14-8-4-3-5-9-14)19-17(21)12-20(24(2,22)23)16-11-7-6-10-15(16)18/h3-11,13H,12H2,1-2H3,(H,19,21).